The second kappa shape index (κ2) is 5.92. The summed E-state index contributed by atoms with van der Waals surface area (Å²) < 4.78 is 0. The van der Waals surface area contributed by atoms with Crippen molar-refractivity contribution in [3.05, 3.63) is 30.6 Å². The van der Waals surface area contributed by atoms with Crippen LogP contribution in [0.3, 0.4) is 0 Å². The Labute approximate surface area is 105 Å². The molecule has 4 N–H and O–H groups in total. The first-order valence-electron chi connectivity index (χ1n) is 5.75. The van der Waals surface area contributed by atoms with E-state index in [9.17, 15) is 4.79 Å². The molecule has 0 fully saturated rings. The lowest BCUT2D eigenvalue weighted by Gasteiger charge is -2.05. The normalized spacial score (nSPS) is 10.3. The van der Waals surface area contributed by atoms with Gasteiger partial charge in [0.25, 0.3) is 0 Å². The molecule has 0 atom stereocenters. The van der Waals surface area contributed by atoms with Crippen LogP contribution in [-0.2, 0) is 4.79 Å². The molecule has 0 bridgehead atoms. The van der Waals surface area contributed by atoms with Crippen LogP contribution in [0.5, 0.6) is 0 Å². The number of amides is 1. The van der Waals surface area contributed by atoms with Crippen LogP contribution >= 0.6 is 0 Å². The van der Waals surface area contributed by atoms with E-state index in [-0.39, 0.29) is 5.91 Å². The summed E-state index contributed by atoms with van der Waals surface area (Å²) in [6.45, 7) is 0.526. The van der Waals surface area contributed by atoms with Crippen LogP contribution in [-0.4, -0.2) is 27.6 Å². The molecule has 6 heteroatoms. The molecular weight excluding hydrogens is 230 g/mol. The molecule has 0 saturated carbocycles. The molecule has 1 amide bonds. The van der Waals surface area contributed by atoms with E-state index in [0.29, 0.717) is 25.2 Å². The predicted octanol–water partition coefficient (Wildman–Crippen LogP) is 1.15. The van der Waals surface area contributed by atoms with Crippen molar-refractivity contribution in [1.82, 2.24) is 15.2 Å². The third-order valence-electron chi connectivity index (χ3n) is 2.47. The third-order valence-corrected chi connectivity index (χ3v) is 2.47. The van der Waals surface area contributed by atoms with Crippen molar-refractivity contribution in [2.24, 2.45) is 5.73 Å². The minimum absolute atomic E-state index is 0.0205. The highest BCUT2D eigenvalue weighted by molar-refractivity contribution is 5.90. The zero-order valence-corrected chi connectivity index (χ0v) is 9.89. The highest BCUT2D eigenvalue weighted by Crippen LogP contribution is 2.17. The highest BCUT2D eigenvalue weighted by atomic mass is 16.1. The number of rotatable bonds is 5. The Bertz CT molecular complexity index is 492. The van der Waals surface area contributed by atoms with Crippen molar-refractivity contribution in [3.8, 4) is 11.4 Å². The van der Waals surface area contributed by atoms with Crippen molar-refractivity contribution in [2.45, 2.75) is 12.8 Å². The summed E-state index contributed by atoms with van der Waals surface area (Å²) in [5, 5.41) is 9.37. The highest BCUT2D eigenvalue weighted by Gasteiger charge is 2.03. The van der Waals surface area contributed by atoms with Gasteiger partial charge in [-0.2, -0.15) is 5.10 Å². The van der Waals surface area contributed by atoms with E-state index in [1.165, 1.54) is 6.33 Å². The zero-order chi connectivity index (χ0) is 12.8. The molecule has 0 saturated heterocycles. The van der Waals surface area contributed by atoms with Crippen LogP contribution in [0, 0.1) is 0 Å². The lowest BCUT2D eigenvalue weighted by atomic mass is 10.2. The van der Waals surface area contributed by atoms with Crippen LogP contribution in [0.15, 0.2) is 30.6 Å². The Morgan fingerprint density at radius 3 is 2.72 bits per heavy atom. The van der Waals surface area contributed by atoms with Gasteiger partial charge in [0.2, 0.25) is 5.91 Å². The molecule has 94 valence electrons. The number of nitrogens with two attached hydrogens (primary N) is 1. The van der Waals surface area contributed by atoms with Crippen molar-refractivity contribution in [3.63, 3.8) is 0 Å². The number of hydrogen-bond acceptors (Lipinski definition) is 4. The number of nitrogens with zero attached hydrogens (tertiary/aromatic N) is 2. The van der Waals surface area contributed by atoms with E-state index in [0.717, 1.165) is 11.3 Å². The lowest BCUT2D eigenvalue weighted by Crippen LogP contribution is -2.13. The second-order valence-corrected chi connectivity index (χ2v) is 3.85. The van der Waals surface area contributed by atoms with Gasteiger partial charge >= 0.3 is 0 Å². The van der Waals surface area contributed by atoms with Crippen LogP contribution in [0.2, 0.25) is 0 Å². The summed E-state index contributed by atoms with van der Waals surface area (Å²) in [7, 11) is 0. The van der Waals surface area contributed by atoms with Crippen LogP contribution in [0.4, 0.5) is 5.69 Å². The summed E-state index contributed by atoms with van der Waals surface area (Å²) in [5.41, 5.74) is 7.04. The number of hydrogen-bond donors (Lipinski definition) is 3. The first-order chi connectivity index (χ1) is 8.79. The van der Waals surface area contributed by atoms with E-state index in [4.69, 9.17) is 5.73 Å². The number of carbonyl (C=O) groups is 1. The SMILES string of the molecule is NCCCC(=O)Nc1ccc(-c2ncn[nH]2)cc1. The minimum Gasteiger partial charge on any atom is -0.330 e. The first kappa shape index (κ1) is 12.3. The molecule has 1 aromatic heterocycles. The summed E-state index contributed by atoms with van der Waals surface area (Å²) >= 11 is 0. The van der Waals surface area contributed by atoms with Crippen molar-refractivity contribution < 1.29 is 4.79 Å². The van der Waals surface area contributed by atoms with Crippen molar-refractivity contribution >= 4 is 11.6 Å². The van der Waals surface area contributed by atoms with Crippen LogP contribution in [0.25, 0.3) is 11.4 Å². The van der Waals surface area contributed by atoms with E-state index < -0.39 is 0 Å². The molecule has 0 unspecified atom stereocenters. The van der Waals surface area contributed by atoms with Gasteiger partial charge in [0, 0.05) is 17.7 Å². The van der Waals surface area contributed by atoms with E-state index in [2.05, 4.69) is 20.5 Å². The molecule has 0 aliphatic heterocycles. The molecule has 2 aromatic rings. The third kappa shape index (κ3) is 3.14. The van der Waals surface area contributed by atoms with Gasteiger partial charge in [0.15, 0.2) is 5.82 Å². The average molecular weight is 245 g/mol. The van der Waals surface area contributed by atoms with Gasteiger partial charge in [-0.25, -0.2) is 4.98 Å². The molecule has 0 radical (unpaired) electrons. The van der Waals surface area contributed by atoms with Gasteiger partial charge in [0.1, 0.15) is 6.33 Å². The fourth-order valence-electron chi connectivity index (χ4n) is 1.54. The molecule has 0 aliphatic rings. The topological polar surface area (TPSA) is 96.7 Å². The number of aromatic nitrogens is 3. The van der Waals surface area contributed by atoms with E-state index in [1.54, 1.807) is 0 Å². The van der Waals surface area contributed by atoms with E-state index in [1.807, 2.05) is 24.3 Å². The number of aromatic amines is 1. The van der Waals surface area contributed by atoms with E-state index >= 15 is 0 Å². The molecule has 18 heavy (non-hydrogen) atoms. The molecule has 1 heterocycles. The Kier molecular flexibility index (Phi) is 4.03. The van der Waals surface area contributed by atoms with Gasteiger partial charge < -0.3 is 11.1 Å². The maximum atomic E-state index is 11.5. The smallest absolute Gasteiger partial charge is 0.224 e. The summed E-state index contributed by atoms with van der Waals surface area (Å²) in [4.78, 5) is 15.5. The fourth-order valence-corrected chi connectivity index (χ4v) is 1.54. The van der Waals surface area contributed by atoms with Gasteiger partial charge in [-0.1, -0.05) is 0 Å². The molecular formula is C12H15N5O. The Hall–Kier alpha value is -2.21. The largest absolute Gasteiger partial charge is 0.330 e. The first-order valence-corrected chi connectivity index (χ1v) is 5.75. The quantitative estimate of drug-likeness (QED) is 0.736. The van der Waals surface area contributed by atoms with Crippen LogP contribution < -0.4 is 11.1 Å². The minimum atomic E-state index is -0.0205. The average Bonchev–Trinajstić information content (AvgIpc) is 2.91. The van der Waals surface area contributed by atoms with Crippen molar-refractivity contribution in [2.75, 3.05) is 11.9 Å². The molecule has 2 rings (SSSR count). The number of carbonyl (C=O) groups excluding carboxylic acids is 1. The molecule has 6 nitrogen and oxygen atoms in total. The number of H-pyrrole nitrogens is 1. The molecule has 0 spiro atoms. The summed E-state index contributed by atoms with van der Waals surface area (Å²) in [6, 6.07) is 7.41. The van der Waals surface area contributed by atoms with Crippen molar-refractivity contribution in [1.29, 1.82) is 0 Å². The summed E-state index contributed by atoms with van der Waals surface area (Å²) in [6.07, 6.45) is 2.60. The van der Waals surface area contributed by atoms with Gasteiger partial charge in [-0.05, 0) is 37.2 Å². The fraction of sp³-hybridized carbons (Fsp3) is 0.250. The Balaban J connectivity index is 1.98. The zero-order valence-electron chi connectivity index (χ0n) is 9.89. The second-order valence-electron chi connectivity index (χ2n) is 3.85. The maximum absolute atomic E-state index is 11.5. The Morgan fingerprint density at radius 2 is 2.11 bits per heavy atom. The Morgan fingerprint density at radius 1 is 1.33 bits per heavy atom. The number of benzene rings is 1. The lowest BCUT2D eigenvalue weighted by molar-refractivity contribution is -0.116. The predicted molar refractivity (Wildman–Crippen MR) is 68.7 cm³/mol. The van der Waals surface area contributed by atoms with Gasteiger partial charge in [-0.3, -0.25) is 9.89 Å². The number of anilines is 1. The standard InChI is InChI=1S/C12H15N5O/c13-7-1-2-11(18)16-10-5-3-9(4-6-10)12-14-8-15-17-12/h3-6,8H,1-2,7,13H2,(H,16,18)(H,14,15,17). The maximum Gasteiger partial charge on any atom is 0.224 e. The van der Waals surface area contributed by atoms with Gasteiger partial charge in [-0.15, -0.1) is 0 Å². The number of nitrogens with one attached hydrogen (secondary N) is 2. The molecule has 1 aromatic carbocycles. The van der Waals surface area contributed by atoms with Crippen LogP contribution in [0.1, 0.15) is 12.8 Å². The monoisotopic (exact) mass is 245 g/mol. The van der Waals surface area contributed by atoms with Gasteiger partial charge in [0.05, 0.1) is 0 Å². The molecule has 0 aliphatic carbocycles. The summed E-state index contributed by atoms with van der Waals surface area (Å²) in [5.74, 6) is 0.684.